The molecule has 8 heteroatoms. The number of rotatable bonds is 6. The van der Waals surface area contributed by atoms with E-state index in [1.807, 2.05) is 23.1 Å². The van der Waals surface area contributed by atoms with Crippen molar-refractivity contribution in [3.63, 3.8) is 0 Å². The fourth-order valence-electron chi connectivity index (χ4n) is 4.36. The molecule has 2 aromatic rings. The highest BCUT2D eigenvalue weighted by molar-refractivity contribution is 7.03. The van der Waals surface area contributed by atoms with Gasteiger partial charge in [0.2, 0.25) is 0 Å². The molecular formula is C19H25N5O2S. The first kappa shape index (κ1) is 18.5. The van der Waals surface area contributed by atoms with Crippen LogP contribution in [0.4, 0.5) is 0 Å². The van der Waals surface area contributed by atoms with E-state index >= 15 is 0 Å². The lowest BCUT2D eigenvalue weighted by Crippen LogP contribution is -2.38. The number of pyridine rings is 1. The molecule has 2 aliphatic rings. The van der Waals surface area contributed by atoms with E-state index in [9.17, 15) is 4.79 Å². The molecule has 0 aromatic carbocycles. The molecule has 4 rings (SSSR count). The Morgan fingerprint density at radius 3 is 3.07 bits per heavy atom. The molecule has 1 spiro atoms. The van der Waals surface area contributed by atoms with E-state index in [4.69, 9.17) is 4.74 Å². The van der Waals surface area contributed by atoms with Crippen molar-refractivity contribution in [1.82, 2.24) is 24.4 Å². The zero-order valence-corrected chi connectivity index (χ0v) is 16.4. The standard InChI is InChI=1S/C19H25N5O2S/c1-2-23-9-15(10-26-11-16-5-3-4-7-20-16)19(13-23)6-8-24(14-19)18(25)17-12-27-22-21-17/h3-5,7,12,15H,2,6,8-11,13-14H2,1H3/t15-,19-/m1/s1. The van der Waals surface area contributed by atoms with Crippen molar-refractivity contribution in [2.45, 2.75) is 20.0 Å². The molecule has 2 atom stereocenters. The van der Waals surface area contributed by atoms with Crippen LogP contribution in [0.2, 0.25) is 0 Å². The number of carbonyl (C=O) groups excluding carboxylic acids is 1. The number of amides is 1. The van der Waals surface area contributed by atoms with Crippen LogP contribution in [0, 0.1) is 11.3 Å². The summed E-state index contributed by atoms with van der Waals surface area (Å²) in [5, 5.41) is 5.67. The van der Waals surface area contributed by atoms with Crippen molar-refractivity contribution in [3.05, 3.63) is 41.2 Å². The summed E-state index contributed by atoms with van der Waals surface area (Å²) in [4.78, 5) is 21.4. The molecule has 2 saturated heterocycles. The van der Waals surface area contributed by atoms with Gasteiger partial charge in [-0.1, -0.05) is 17.5 Å². The number of aromatic nitrogens is 3. The Kier molecular flexibility index (Phi) is 5.47. The van der Waals surface area contributed by atoms with E-state index in [2.05, 4.69) is 26.4 Å². The minimum absolute atomic E-state index is 0.00345. The van der Waals surface area contributed by atoms with Crippen molar-refractivity contribution in [1.29, 1.82) is 0 Å². The maximum absolute atomic E-state index is 12.7. The second kappa shape index (κ2) is 8.00. The number of hydrogen-bond acceptors (Lipinski definition) is 7. The first-order valence-corrected chi connectivity index (χ1v) is 10.3. The highest BCUT2D eigenvalue weighted by Crippen LogP contribution is 2.44. The summed E-state index contributed by atoms with van der Waals surface area (Å²) in [5.41, 5.74) is 1.53. The molecule has 2 fully saturated rings. The quantitative estimate of drug-likeness (QED) is 0.754. The van der Waals surface area contributed by atoms with Gasteiger partial charge >= 0.3 is 0 Å². The topological polar surface area (TPSA) is 71.5 Å². The maximum atomic E-state index is 12.7. The van der Waals surface area contributed by atoms with E-state index in [1.54, 1.807) is 11.6 Å². The zero-order chi connectivity index (χ0) is 18.7. The van der Waals surface area contributed by atoms with Crippen molar-refractivity contribution in [2.75, 3.05) is 39.3 Å². The Bertz CT molecular complexity index is 757. The second-order valence-electron chi connectivity index (χ2n) is 7.49. The average molecular weight is 388 g/mol. The van der Waals surface area contributed by atoms with Gasteiger partial charge in [0.1, 0.15) is 0 Å². The SMILES string of the molecule is CCN1C[C@H](COCc2ccccn2)[C@]2(CCN(C(=O)c3csnn3)C2)C1. The third-order valence-electron chi connectivity index (χ3n) is 5.88. The molecule has 0 N–H and O–H groups in total. The lowest BCUT2D eigenvalue weighted by molar-refractivity contribution is 0.0482. The molecule has 0 saturated carbocycles. The molecule has 0 unspecified atom stereocenters. The summed E-state index contributed by atoms with van der Waals surface area (Å²) in [7, 11) is 0. The van der Waals surface area contributed by atoms with Gasteiger partial charge in [-0.05, 0) is 36.6 Å². The number of ether oxygens (including phenoxy) is 1. The van der Waals surface area contributed by atoms with E-state index in [1.165, 1.54) is 11.5 Å². The molecule has 2 aromatic heterocycles. The third-order valence-corrected chi connectivity index (χ3v) is 6.38. The lowest BCUT2D eigenvalue weighted by Gasteiger charge is -2.30. The average Bonchev–Trinajstić information content (AvgIpc) is 3.44. The van der Waals surface area contributed by atoms with Gasteiger partial charge in [-0.2, -0.15) is 0 Å². The van der Waals surface area contributed by atoms with Gasteiger partial charge in [0, 0.05) is 49.1 Å². The van der Waals surface area contributed by atoms with Crippen LogP contribution in [0.1, 0.15) is 29.5 Å². The maximum Gasteiger partial charge on any atom is 0.275 e. The van der Waals surface area contributed by atoms with Gasteiger partial charge in [-0.15, -0.1) is 5.10 Å². The Morgan fingerprint density at radius 2 is 2.33 bits per heavy atom. The fraction of sp³-hybridized carbons (Fsp3) is 0.579. The molecule has 0 radical (unpaired) electrons. The molecule has 144 valence electrons. The second-order valence-corrected chi connectivity index (χ2v) is 8.10. The van der Waals surface area contributed by atoms with Gasteiger partial charge < -0.3 is 14.5 Å². The van der Waals surface area contributed by atoms with Crippen molar-refractivity contribution >= 4 is 17.4 Å². The summed E-state index contributed by atoms with van der Waals surface area (Å²) in [6.07, 6.45) is 2.81. The molecule has 2 aliphatic heterocycles. The van der Waals surface area contributed by atoms with Crippen LogP contribution in [0.25, 0.3) is 0 Å². The normalized spacial score (nSPS) is 25.5. The van der Waals surface area contributed by atoms with E-state index in [-0.39, 0.29) is 11.3 Å². The number of hydrogen-bond donors (Lipinski definition) is 0. The van der Waals surface area contributed by atoms with Crippen LogP contribution in [0.15, 0.2) is 29.8 Å². The highest BCUT2D eigenvalue weighted by Gasteiger charge is 2.51. The van der Waals surface area contributed by atoms with Crippen LogP contribution in [0.5, 0.6) is 0 Å². The summed E-state index contributed by atoms with van der Waals surface area (Å²) in [6.45, 7) is 8.08. The molecule has 4 heterocycles. The summed E-state index contributed by atoms with van der Waals surface area (Å²) in [6, 6.07) is 5.88. The Balaban J connectivity index is 1.40. The van der Waals surface area contributed by atoms with Gasteiger partial charge in [-0.3, -0.25) is 9.78 Å². The Morgan fingerprint density at radius 1 is 1.41 bits per heavy atom. The summed E-state index contributed by atoms with van der Waals surface area (Å²) in [5.74, 6) is 0.427. The first-order chi connectivity index (χ1) is 13.2. The number of likely N-dealkylation sites (tertiary alicyclic amines) is 2. The molecule has 1 amide bonds. The largest absolute Gasteiger partial charge is 0.375 e. The molecule has 7 nitrogen and oxygen atoms in total. The van der Waals surface area contributed by atoms with Crippen LogP contribution in [-0.2, 0) is 11.3 Å². The molecule has 0 aliphatic carbocycles. The van der Waals surface area contributed by atoms with Gasteiger partial charge in [-0.25, -0.2) is 0 Å². The minimum atomic E-state index is 0.00345. The zero-order valence-electron chi connectivity index (χ0n) is 15.6. The lowest BCUT2D eigenvalue weighted by atomic mass is 9.77. The van der Waals surface area contributed by atoms with Gasteiger partial charge in [0.05, 0.1) is 18.9 Å². The van der Waals surface area contributed by atoms with E-state index in [0.717, 1.165) is 44.8 Å². The fourth-order valence-corrected chi connectivity index (χ4v) is 4.79. The van der Waals surface area contributed by atoms with Gasteiger partial charge in [0.25, 0.3) is 5.91 Å². The smallest absolute Gasteiger partial charge is 0.275 e. The summed E-state index contributed by atoms with van der Waals surface area (Å²) >= 11 is 1.22. The predicted molar refractivity (Wildman–Crippen MR) is 102 cm³/mol. The Hall–Kier alpha value is -1.90. The summed E-state index contributed by atoms with van der Waals surface area (Å²) < 4.78 is 9.86. The first-order valence-electron chi connectivity index (χ1n) is 9.46. The van der Waals surface area contributed by atoms with Crippen molar-refractivity contribution in [3.8, 4) is 0 Å². The molecular weight excluding hydrogens is 362 g/mol. The van der Waals surface area contributed by atoms with Crippen LogP contribution >= 0.6 is 11.5 Å². The minimum Gasteiger partial charge on any atom is -0.375 e. The number of carbonyl (C=O) groups is 1. The van der Waals surface area contributed by atoms with Gasteiger partial charge in [0.15, 0.2) is 5.69 Å². The molecule has 27 heavy (non-hydrogen) atoms. The van der Waals surface area contributed by atoms with E-state index < -0.39 is 0 Å². The molecule has 0 bridgehead atoms. The number of nitrogens with zero attached hydrogens (tertiary/aromatic N) is 5. The van der Waals surface area contributed by atoms with Crippen molar-refractivity contribution in [2.24, 2.45) is 11.3 Å². The van der Waals surface area contributed by atoms with Crippen LogP contribution in [0.3, 0.4) is 0 Å². The Labute approximate surface area is 163 Å². The van der Waals surface area contributed by atoms with E-state index in [0.29, 0.717) is 24.8 Å². The van der Waals surface area contributed by atoms with Crippen LogP contribution in [-0.4, -0.2) is 69.6 Å². The third kappa shape index (κ3) is 3.88. The monoisotopic (exact) mass is 387 g/mol. The van der Waals surface area contributed by atoms with Crippen molar-refractivity contribution < 1.29 is 9.53 Å². The highest BCUT2D eigenvalue weighted by atomic mass is 32.1. The predicted octanol–water partition coefficient (Wildman–Crippen LogP) is 1.93. The van der Waals surface area contributed by atoms with Crippen LogP contribution < -0.4 is 0 Å².